The van der Waals surface area contributed by atoms with E-state index < -0.39 is 0 Å². The van der Waals surface area contributed by atoms with Gasteiger partial charge in [-0.15, -0.1) is 0 Å². The number of aryl methyl sites for hydroxylation is 7. The van der Waals surface area contributed by atoms with Crippen molar-refractivity contribution >= 4 is 35.1 Å². The molecule has 1 aliphatic carbocycles. The van der Waals surface area contributed by atoms with Gasteiger partial charge in [-0.25, -0.2) is 0 Å². The Kier molecular flexibility index (Phi) is 71.5. The molecule has 0 radical (unpaired) electrons. The van der Waals surface area contributed by atoms with Gasteiger partial charge < -0.3 is 0 Å². The molecule has 109 heavy (non-hydrogen) atoms. The zero-order valence-electron chi connectivity index (χ0n) is 72.1. The number of rotatable bonds is 8. The standard InChI is InChI=1S/C15H16.C14H14.2C14H12.C10H12.C10H8.2C7H8.9C2H6/c1-12-3-7-14(8-4-12)11-15-9-5-13(2)6-10-15;1-12-7-9-14(10-8-12)11-13-5-3-2-4-6-13;2*1-3-7-13(8-4-1)11-12-14-9-5-2-6-10-14;2*1-2-6-10-8-4-3-7-9(10)5-1;2*1-7-5-3-2-4-6-7;9*1-2/h3-10H,11H2,1-2H3;2-10H,11H2,1H3;2*1-12H;1-2,5-6H,3-4,7-8H2;1-8H;2*2-6H,1H3;9*1-2H3/b;;2*12-11+;;;;;;;;;;;;;. The lowest BCUT2D eigenvalue weighted by atomic mass is 9.92. The highest BCUT2D eigenvalue weighted by molar-refractivity contribution is 5.82. The fourth-order valence-corrected chi connectivity index (χ4v) is 9.70. The number of hydrogen-bond donors (Lipinski definition) is 0. The predicted molar refractivity (Wildman–Crippen MR) is 501 cm³/mol. The Morgan fingerprint density at radius 2 is 0.339 bits per heavy atom. The van der Waals surface area contributed by atoms with Crippen LogP contribution in [0.25, 0.3) is 35.1 Å². The lowest BCUT2D eigenvalue weighted by molar-refractivity contribution is 0.685. The van der Waals surface area contributed by atoms with Gasteiger partial charge in [-0.3, -0.25) is 0 Å². The maximum absolute atomic E-state index is 2.26. The van der Waals surface area contributed by atoms with Crippen LogP contribution in [0.1, 0.15) is 221 Å². The van der Waals surface area contributed by atoms with Crippen LogP contribution in [-0.2, 0) is 25.7 Å². The molecule has 0 N–H and O–H groups in total. The molecule has 0 fully saturated rings. The van der Waals surface area contributed by atoms with Crippen LogP contribution in [0.4, 0.5) is 0 Å². The first-order valence-electron chi connectivity index (χ1n) is 41.0. The fraction of sp³-hybridized carbons (Fsp3) is 0.266. The summed E-state index contributed by atoms with van der Waals surface area (Å²) in [4.78, 5) is 0. The Bertz CT molecular complexity index is 3660. The van der Waals surface area contributed by atoms with Crippen LogP contribution >= 0.6 is 0 Å². The SMILES string of the molecule is C(=C\c1ccccc1)/c1ccccc1.C(=C\c1ccccc1)/c1ccccc1.CC.CC.CC.CC.CC.CC.CC.CC.CC.Cc1ccc(Cc2ccc(C)cc2)cc1.Cc1ccc(Cc2ccccc2)cc1.Cc1ccccc1.Cc1ccccc1.c1ccc2c(c1)CCCC2.c1ccc2ccccc2c1. The zero-order valence-corrected chi connectivity index (χ0v) is 72.1. The van der Waals surface area contributed by atoms with E-state index in [0.29, 0.717) is 0 Å². The van der Waals surface area contributed by atoms with E-state index in [4.69, 9.17) is 0 Å². The molecule has 1 aliphatic rings. The van der Waals surface area contributed by atoms with Crippen molar-refractivity contribution in [1.82, 2.24) is 0 Å². The smallest absolute Gasteiger partial charge is 0.00258 e. The van der Waals surface area contributed by atoms with Gasteiger partial charge in [0, 0.05) is 0 Å². The van der Waals surface area contributed by atoms with E-state index in [1.807, 2.05) is 234 Å². The number of benzene rings is 13. The maximum atomic E-state index is 2.26. The zero-order chi connectivity index (χ0) is 81.6. The minimum absolute atomic E-state index is 1.03. The molecule has 0 aromatic heterocycles. The molecule has 13 aromatic carbocycles. The van der Waals surface area contributed by atoms with Crippen molar-refractivity contribution in [3.63, 3.8) is 0 Å². The topological polar surface area (TPSA) is 0 Å². The molecule has 0 nitrogen and oxygen atoms in total. The summed E-state index contributed by atoms with van der Waals surface area (Å²) in [5.41, 5.74) is 20.2. The second-order valence-electron chi connectivity index (χ2n) is 22.7. The van der Waals surface area contributed by atoms with Crippen molar-refractivity contribution in [2.45, 2.75) is 198 Å². The summed E-state index contributed by atoms with van der Waals surface area (Å²) >= 11 is 0. The van der Waals surface area contributed by atoms with Crippen molar-refractivity contribution in [3.8, 4) is 0 Å². The maximum Gasteiger partial charge on any atom is -0.00258 e. The minimum Gasteiger partial charge on any atom is -0.0683 e. The van der Waals surface area contributed by atoms with Gasteiger partial charge in [0.2, 0.25) is 0 Å². The largest absolute Gasteiger partial charge is 0.0683 e. The van der Waals surface area contributed by atoms with Crippen LogP contribution in [0.15, 0.2) is 358 Å². The molecule has 0 atom stereocenters. The first-order chi connectivity index (χ1) is 53.7. The van der Waals surface area contributed by atoms with E-state index in [2.05, 4.69) is 308 Å². The van der Waals surface area contributed by atoms with Crippen LogP contribution < -0.4 is 0 Å². The molecular weight excluding hydrogens is 1310 g/mol. The van der Waals surface area contributed by atoms with Gasteiger partial charge in [-0.2, -0.15) is 0 Å². The monoisotopic (exact) mass is 1450 g/mol. The Labute approximate surface area is 669 Å². The normalized spacial score (nSPS) is 9.46. The third-order valence-electron chi connectivity index (χ3n) is 15.0. The minimum atomic E-state index is 1.03. The van der Waals surface area contributed by atoms with Crippen LogP contribution in [-0.4, -0.2) is 0 Å². The van der Waals surface area contributed by atoms with Gasteiger partial charge in [0.25, 0.3) is 0 Å². The van der Waals surface area contributed by atoms with Crippen molar-refractivity contribution in [2.75, 3.05) is 0 Å². The van der Waals surface area contributed by atoms with E-state index in [1.165, 1.54) is 109 Å². The van der Waals surface area contributed by atoms with Crippen LogP contribution in [0, 0.1) is 34.6 Å². The van der Waals surface area contributed by atoms with Gasteiger partial charge in [-0.1, -0.05) is 535 Å². The van der Waals surface area contributed by atoms with Gasteiger partial charge in [0.15, 0.2) is 0 Å². The summed E-state index contributed by atoms with van der Waals surface area (Å²) in [5.74, 6) is 0. The Hall–Kier alpha value is -10.4. The summed E-state index contributed by atoms with van der Waals surface area (Å²) in [6.45, 7) is 46.5. The fourth-order valence-electron chi connectivity index (χ4n) is 9.70. The molecule has 0 spiro atoms. The molecule has 0 saturated carbocycles. The molecule has 580 valence electrons. The number of hydrogen-bond acceptors (Lipinski definition) is 0. The third-order valence-corrected chi connectivity index (χ3v) is 15.0. The molecule has 0 aliphatic heterocycles. The molecule has 0 unspecified atom stereocenters. The second-order valence-corrected chi connectivity index (χ2v) is 22.7. The van der Waals surface area contributed by atoms with E-state index in [0.717, 1.165) is 12.8 Å². The average Bonchev–Trinajstić information content (AvgIpc) is 0.870. The summed E-state index contributed by atoms with van der Waals surface area (Å²) in [6.07, 6.45) is 15.9. The van der Waals surface area contributed by atoms with E-state index >= 15 is 0 Å². The van der Waals surface area contributed by atoms with Crippen molar-refractivity contribution in [2.24, 2.45) is 0 Å². The summed E-state index contributed by atoms with van der Waals surface area (Å²) in [7, 11) is 0. The number of fused-ring (bicyclic) bond motifs is 2. The quantitative estimate of drug-likeness (QED) is 0.133. The molecule has 0 amide bonds. The Morgan fingerprint density at radius 1 is 0.174 bits per heavy atom. The molecule has 14 rings (SSSR count). The molecule has 0 bridgehead atoms. The van der Waals surface area contributed by atoms with Crippen molar-refractivity contribution in [3.05, 3.63) is 441 Å². The van der Waals surface area contributed by atoms with Gasteiger partial charge in [0.1, 0.15) is 0 Å². The molecular formula is C109H144. The lowest BCUT2D eigenvalue weighted by Crippen LogP contribution is -2.00. The third kappa shape index (κ3) is 53.1. The van der Waals surface area contributed by atoms with Crippen molar-refractivity contribution in [1.29, 1.82) is 0 Å². The molecule has 0 heteroatoms. The summed E-state index contributed by atoms with van der Waals surface area (Å²) < 4.78 is 0. The Balaban J connectivity index is -0.00000115. The van der Waals surface area contributed by atoms with E-state index in [1.54, 1.807) is 11.1 Å². The first kappa shape index (κ1) is 103. The molecule has 0 saturated heterocycles. The van der Waals surface area contributed by atoms with E-state index in [-0.39, 0.29) is 0 Å². The highest BCUT2D eigenvalue weighted by Gasteiger charge is 2.06. The average molecular weight is 1450 g/mol. The van der Waals surface area contributed by atoms with Crippen LogP contribution in [0.2, 0.25) is 0 Å². The highest BCUT2D eigenvalue weighted by Crippen LogP contribution is 2.20. The van der Waals surface area contributed by atoms with Crippen LogP contribution in [0.3, 0.4) is 0 Å². The Morgan fingerprint density at radius 3 is 0.541 bits per heavy atom. The lowest BCUT2D eigenvalue weighted by Gasteiger charge is -2.13. The van der Waals surface area contributed by atoms with Gasteiger partial charge in [0.05, 0.1) is 0 Å². The van der Waals surface area contributed by atoms with Gasteiger partial charge >= 0.3 is 0 Å². The summed E-state index contributed by atoms with van der Waals surface area (Å²) in [6, 6.07) is 124. The summed E-state index contributed by atoms with van der Waals surface area (Å²) in [5, 5.41) is 2.62. The predicted octanol–water partition coefficient (Wildman–Crippen LogP) is 33.8. The highest BCUT2D eigenvalue weighted by atomic mass is 14.1. The van der Waals surface area contributed by atoms with Gasteiger partial charge in [-0.05, 0) is 140 Å². The van der Waals surface area contributed by atoms with Crippen molar-refractivity contribution < 1.29 is 0 Å². The first-order valence-corrected chi connectivity index (χ1v) is 41.0. The van der Waals surface area contributed by atoms with E-state index in [9.17, 15) is 0 Å². The molecule has 0 heterocycles. The molecule has 13 aromatic rings. The second kappa shape index (κ2) is 75.8. The van der Waals surface area contributed by atoms with Crippen LogP contribution in [0.5, 0.6) is 0 Å².